The molecule has 1 rings (SSSR count). The Morgan fingerprint density at radius 3 is 2.67 bits per heavy atom. The van der Waals surface area contributed by atoms with Gasteiger partial charge in [-0.25, -0.2) is 4.79 Å². The van der Waals surface area contributed by atoms with Crippen molar-refractivity contribution in [2.24, 2.45) is 11.7 Å². The number of rotatable bonds is 3. The normalized spacial score (nSPS) is 10.4. The number of hydrogen-bond acceptors (Lipinski definition) is 1. The van der Waals surface area contributed by atoms with Gasteiger partial charge in [0.25, 0.3) is 0 Å². The van der Waals surface area contributed by atoms with Crippen molar-refractivity contribution in [2.45, 2.75) is 13.8 Å². The number of amides is 2. The molecular weight excluding hydrogens is 212 g/mol. The molecule has 0 aliphatic carbocycles. The third-order valence-electron chi connectivity index (χ3n) is 1.93. The molecule has 0 bridgehead atoms. The van der Waals surface area contributed by atoms with Crippen LogP contribution in [0, 0.1) is 5.92 Å². The minimum Gasteiger partial charge on any atom is -0.351 e. The van der Waals surface area contributed by atoms with Crippen LogP contribution in [0.15, 0.2) is 24.3 Å². The fourth-order valence-corrected chi connectivity index (χ4v) is 1.52. The number of halogens is 1. The van der Waals surface area contributed by atoms with E-state index in [0.717, 1.165) is 5.69 Å². The molecule has 0 fully saturated rings. The summed E-state index contributed by atoms with van der Waals surface area (Å²) in [4.78, 5) is 12.8. The molecule has 1 aromatic rings. The van der Waals surface area contributed by atoms with Gasteiger partial charge in [0.2, 0.25) is 0 Å². The number of nitrogens with zero attached hydrogens (tertiary/aromatic N) is 1. The highest BCUT2D eigenvalue weighted by atomic mass is 35.5. The van der Waals surface area contributed by atoms with Crippen molar-refractivity contribution < 1.29 is 4.79 Å². The first-order chi connectivity index (χ1) is 7.00. The van der Waals surface area contributed by atoms with Gasteiger partial charge in [-0.15, -0.1) is 0 Å². The van der Waals surface area contributed by atoms with E-state index in [1.165, 1.54) is 4.90 Å². The summed E-state index contributed by atoms with van der Waals surface area (Å²) in [5.41, 5.74) is 6.05. The lowest BCUT2D eigenvalue weighted by atomic mass is 10.2. The van der Waals surface area contributed by atoms with Crippen LogP contribution in [-0.2, 0) is 0 Å². The molecule has 1 aromatic carbocycles. The number of carbonyl (C=O) groups is 1. The lowest BCUT2D eigenvalue weighted by Gasteiger charge is -2.22. The summed E-state index contributed by atoms with van der Waals surface area (Å²) in [6.45, 7) is 4.65. The average molecular weight is 227 g/mol. The van der Waals surface area contributed by atoms with Gasteiger partial charge in [-0.1, -0.05) is 31.5 Å². The maximum absolute atomic E-state index is 11.3. The number of urea groups is 1. The van der Waals surface area contributed by atoms with E-state index in [1.807, 2.05) is 19.9 Å². The second kappa shape index (κ2) is 5.03. The smallest absolute Gasteiger partial charge is 0.319 e. The van der Waals surface area contributed by atoms with Crippen molar-refractivity contribution in [1.29, 1.82) is 0 Å². The maximum atomic E-state index is 11.3. The zero-order valence-electron chi connectivity index (χ0n) is 8.90. The molecule has 0 aliphatic heterocycles. The SMILES string of the molecule is CC(C)CN(C(N)=O)c1cccc(Cl)c1. The highest BCUT2D eigenvalue weighted by Gasteiger charge is 2.13. The first-order valence-electron chi connectivity index (χ1n) is 4.83. The molecule has 15 heavy (non-hydrogen) atoms. The second-order valence-corrected chi connectivity index (χ2v) is 4.26. The van der Waals surface area contributed by atoms with Gasteiger partial charge in [-0.05, 0) is 24.1 Å². The van der Waals surface area contributed by atoms with Crippen LogP contribution >= 0.6 is 11.6 Å². The molecule has 82 valence electrons. The number of benzene rings is 1. The standard InChI is InChI=1S/C11H15ClN2O/c1-8(2)7-14(11(13)15)10-5-3-4-9(12)6-10/h3-6,8H,7H2,1-2H3,(H2,13,15). The van der Waals surface area contributed by atoms with Crippen LogP contribution in [0.1, 0.15) is 13.8 Å². The van der Waals surface area contributed by atoms with Gasteiger partial charge in [0, 0.05) is 17.3 Å². The van der Waals surface area contributed by atoms with Crippen LogP contribution in [0.25, 0.3) is 0 Å². The fourth-order valence-electron chi connectivity index (χ4n) is 1.33. The fraction of sp³-hybridized carbons (Fsp3) is 0.364. The lowest BCUT2D eigenvalue weighted by Crippen LogP contribution is -2.38. The lowest BCUT2D eigenvalue weighted by molar-refractivity contribution is 0.253. The highest BCUT2D eigenvalue weighted by Crippen LogP contribution is 2.20. The number of anilines is 1. The zero-order chi connectivity index (χ0) is 11.4. The predicted molar refractivity (Wildman–Crippen MR) is 63.2 cm³/mol. The minimum atomic E-state index is -0.453. The van der Waals surface area contributed by atoms with Gasteiger partial charge in [-0.3, -0.25) is 4.90 Å². The Hall–Kier alpha value is -1.22. The van der Waals surface area contributed by atoms with Crippen LogP contribution in [0.4, 0.5) is 10.5 Å². The summed E-state index contributed by atoms with van der Waals surface area (Å²) in [5, 5.41) is 0.600. The van der Waals surface area contributed by atoms with E-state index >= 15 is 0 Å². The van der Waals surface area contributed by atoms with Crippen molar-refractivity contribution >= 4 is 23.3 Å². The molecule has 2 N–H and O–H groups in total. The summed E-state index contributed by atoms with van der Waals surface area (Å²) >= 11 is 5.85. The van der Waals surface area contributed by atoms with Crippen LogP contribution in [0.3, 0.4) is 0 Å². The molecule has 0 unspecified atom stereocenters. The van der Waals surface area contributed by atoms with Crippen molar-refractivity contribution in [3.8, 4) is 0 Å². The van der Waals surface area contributed by atoms with Gasteiger partial charge >= 0.3 is 6.03 Å². The van der Waals surface area contributed by atoms with E-state index in [4.69, 9.17) is 17.3 Å². The first kappa shape index (κ1) is 11.9. The van der Waals surface area contributed by atoms with E-state index < -0.39 is 6.03 Å². The van der Waals surface area contributed by atoms with Gasteiger partial charge in [0.05, 0.1) is 0 Å². The molecule has 0 aliphatic rings. The largest absolute Gasteiger partial charge is 0.351 e. The van der Waals surface area contributed by atoms with Crippen molar-refractivity contribution in [3.05, 3.63) is 29.3 Å². The van der Waals surface area contributed by atoms with Crippen molar-refractivity contribution in [3.63, 3.8) is 0 Å². The quantitative estimate of drug-likeness (QED) is 0.847. The summed E-state index contributed by atoms with van der Waals surface area (Å²) < 4.78 is 0. The topological polar surface area (TPSA) is 46.3 Å². The molecule has 0 saturated heterocycles. The van der Waals surface area contributed by atoms with Crippen LogP contribution < -0.4 is 10.6 Å². The Balaban J connectivity index is 2.94. The van der Waals surface area contributed by atoms with Crippen molar-refractivity contribution in [1.82, 2.24) is 0 Å². The van der Waals surface area contributed by atoms with E-state index in [1.54, 1.807) is 18.2 Å². The Morgan fingerprint density at radius 1 is 1.53 bits per heavy atom. The Labute approximate surface area is 94.8 Å². The Morgan fingerprint density at radius 2 is 2.20 bits per heavy atom. The third kappa shape index (κ3) is 3.44. The Kier molecular flexibility index (Phi) is 3.97. The molecule has 4 heteroatoms. The molecule has 3 nitrogen and oxygen atoms in total. The molecule has 2 amide bonds. The molecule has 0 aromatic heterocycles. The Bertz CT molecular complexity index is 352. The molecule has 0 spiro atoms. The van der Waals surface area contributed by atoms with Gasteiger partial charge in [0.1, 0.15) is 0 Å². The van der Waals surface area contributed by atoms with E-state index in [2.05, 4.69) is 0 Å². The van der Waals surface area contributed by atoms with Crippen LogP contribution in [0.2, 0.25) is 5.02 Å². The van der Waals surface area contributed by atoms with Crippen LogP contribution in [0.5, 0.6) is 0 Å². The molecule has 0 radical (unpaired) electrons. The molecule has 0 heterocycles. The first-order valence-corrected chi connectivity index (χ1v) is 5.21. The van der Waals surface area contributed by atoms with Crippen LogP contribution in [-0.4, -0.2) is 12.6 Å². The molecule has 0 atom stereocenters. The highest BCUT2D eigenvalue weighted by molar-refractivity contribution is 6.30. The summed E-state index contributed by atoms with van der Waals surface area (Å²) in [5.74, 6) is 0.358. The average Bonchev–Trinajstić information content (AvgIpc) is 2.13. The predicted octanol–water partition coefficient (Wildman–Crippen LogP) is 2.88. The molecular formula is C11H15ClN2O. The number of nitrogens with two attached hydrogens (primary N) is 1. The minimum absolute atomic E-state index is 0.358. The number of carbonyl (C=O) groups excluding carboxylic acids is 1. The summed E-state index contributed by atoms with van der Waals surface area (Å²) in [6.07, 6.45) is 0. The van der Waals surface area contributed by atoms with E-state index in [9.17, 15) is 4.79 Å². The third-order valence-corrected chi connectivity index (χ3v) is 2.17. The van der Waals surface area contributed by atoms with Gasteiger partial charge in [-0.2, -0.15) is 0 Å². The summed E-state index contributed by atoms with van der Waals surface area (Å²) in [7, 11) is 0. The zero-order valence-corrected chi connectivity index (χ0v) is 9.66. The van der Waals surface area contributed by atoms with Gasteiger partial charge in [0.15, 0.2) is 0 Å². The van der Waals surface area contributed by atoms with E-state index in [-0.39, 0.29) is 0 Å². The second-order valence-electron chi connectivity index (χ2n) is 3.82. The monoisotopic (exact) mass is 226 g/mol. The molecule has 0 saturated carbocycles. The van der Waals surface area contributed by atoms with Crippen molar-refractivity contribution in [2.75, 3.05) is 11.4 Å². The summed E-state index contributed by atoms with van der Waals surface area (Å²) in [6, 6.07) is 6.66. The maximum Gasteiger partial charge on any atom is 0.319 e. The van der Waals surface area contributed by atoms with Gasteiger partial charge < -0.3 is 5.73 Å². The van der Waals surface area contributed by atoms with E-state index in [0.29, 0.717) is 17.5 Å². The number of hydrogen-bond donors (Lipinski definition) is 1. The number of primary amides is 1.